The lowest BCUT2D eigenvalue weighted by molar-refractivity contribution is -0.130. The van der Waals surface area contributed by atoms with E-state index in [9.17, 15) is 18.4 Å². The molecular formula is C21H22F2N2O2. The molecule has 1 N–H and O–H groups in total. The largest absolute Gasteiger partial charge is 0.343 e. The first-order valence-corrected chi connectivity index (χ1v) is 9.03. The zero-order valence-corrected chi connectivity index (χ0v) is 15.2. The van der Waals surface area contributed by atoms with E-state index in [-0.39, 0.29) is 17.7 Å². The molecule has 4 nitrogen and oxygen atoms in total. The van der Waals surface area contributed by atoms with Crippen LogP contribution < -0.4 is 5.32 Å². The van der Waals surface area contributed by atoms with Crippen molar-refractivity contribution in [2.75, 3.05) is 18.4 Å². The number of amides is 2. The summed E-state index contributed by atoms with van der Waals surface area (Å²) >= 11 is 0. The lowest BCUT2D eigenvalue weighted by atomic mass is 9.93. The first-order valence-electron chi connectivity index (χ1n) is 9.03. The summed E-state index contributed by atoms with van der Waals surface area (Å²) in [6.07, 6.45) is 2.10. The Morgan fingerprint density at radius 2 is 1.63 bits per heavy atom. The average molecular weight is 372 g/mol. The SMILES string of the molecule is CC(=O)N1CCC(CC(=O)Nc2ccc(-c3ccc(F)c(F)c3)cc2)CC1. The van der Waals surface area contributed by atoms with Gasteiger partial charge in [-0.3, -0.25) is 9.59 Å². The maximum absolute atomic E-state index is 13.4. The van der Waals surface area contributed by atoms with E-state index >= 15 is 0 Å². The average Bonchev–Trinajstić information content (AvgIpc) is 2.65. The molecule has 0 aliphatic carbocycles. The van der Waals surface area contributed by atoms with Crippen LogP contribution in [0.5, 0.6) is 0 Å². The number of rotatable bonds is 4. The number of hydrogen-bond donors (Lipinski definition) is 1. The maximum atomic E-state index is 13.4. The van der Waals surface area contributed by atoms with Crippen LogP contribution in [0.4, 0.5) is 14.5 Å². The number of hydrogen-bond acceptors (Lipinski definition) is 2. The van der Waals surface area contributed by atoms with Crippen LogP contribution in [0.1, 0.15) is 26.2 Å². The number of carbonyl (C=O) groups is 2. The van der Waals surface area contributed by atoms with Crippen molar-refractivity contribution in [3.8, 4) is 11.1 Å². The van der Waals surface area contributed by atoms with E-state index in [1.54, 1.807) is 31.2 Å². The second-order valence-corrected chi connectivity index (χ2v) is 6.91. The molecule has 2 aromatic carbocycles. The minimum absolute atomic E-state index is 0.0585. The number of benzene rings is 2. The van der Waals surface area contributed by atoms with Crippen LogP contribution in [0.15, 0.2) is 42.5 Å². The standard InChI is InChI=1S/C21H22F2N2O2/c1-14(26)25-10-8-15(9-11-25)12-21(27)24-18-5-2-16(3-6-18)17-4-7-19(22)20(23)13-17/h2-7,13,15H,8-12H2,1H3,(H,24,27). The molecule has 27 heavy (non-hydrogen) atoms. The van der Waals surface area contributed by atoms with Gasteiger partial charge in [-0.15, -0.1) is 0 Å². The third-order valence-electron chi connectivity index (χ3n) is 4.96. The highest BCUT2D eigenvalue weighted by Crippen LogP contribution is 2.24. The molecule has 3 rings (SSSR count). The predicted molar refractivity (Wildman–Crippen MR) is 100 cm³/mol. The van der Waals surface area contributed by atoms with Crippen molar-refractivity contribution in [1.82, 2.24) is 4.90 Å². The van der Waals surface area contributed by atoms with Crippen molar-refractivity contribution in [2.45, 2.75) is 26.2 Å². The highest BCUT2D eigenvalue weighted by Gasteiger charge is 2.22. The topological polar surface area (TPSA) is 49.4 Å². The summed E-state index contributed by atoms with van der Waals surface area (Å²) in [5, 5.41) is 2.87. The Bertz CT molecular complexity index is 829. The molecule has 0 saturated carbocycles. The molecule has 2 amide bonds. The molecule has 0 atom stereocenters. The zero-order valence-electron chi connectivity index (χ0n) is 15.2. The summed E-state index contributed by atoms with van der Waals surface area (Å²) in [6.45, 7) is 2.98. The van der Waals surface area contributed by atoms with Crippen LogP contribution in [0.25, 0.3) is 11.1 Å². The third-order valence-corrected chi connectivity index (χ3v) is 4.96. The molecule has 1 fully saturated rings. The molecule has 1 heterocycles. The smallest absolute Gasteiger partial charge is 0.224 e. The van der Waals surface area contributed by atoms with Crippen LogP contribution in [-0.2, 0) is 9.59 Å². The van der Waals surface area contributed by atoms with Gasteiger partial charge in [-0.2, -0.15) is 0 Å². The molecular weight excluding hydrogens is 350 g/mol. The van der Waals surface area contributed by atoms with Crippen LogP contribution in [0, 0.1) is 17.6 Å². The summed E-state index contributed by atoms with van der Waals surface area (Å²) in [4.78, 5) is 25.4. The number of halogens is 2. The molecule has 0 aromatic heterocycles. The Hall–Kier alpha value is -2.76. The van der Waals surface area contributed by atoms with E-state index in [0.717, 1.165) is 30.5 Å². The number of nitrogens with one attached hydrogen (secondary N) is 1. The van der Waals surface area contributed by atoms with Crippen LogP contribution >= 0.6 is 0 Å². The fourth-order valence-electron chi connectivity index (χ4n) is 3.35. The van der Waals surface area contributed by atoms with Gasteiger partial charge < -0.3 is 10.2 Å². The second-order valence-electron chi connectivity index (χ2n) is 6.91. The summed E-state index contributed by atoms with van der Waals surface area (Å²) < 4.78 is 26.4. The summed E-state index contributed by atoms with van der Waals surface area (Å²) in [5.41, 5.74) is 1.97. The van der Waals surface area contributed by atoms with Crippen LogP contribution in [-0.4, -0.2) is 29.8 Å². The van der Waals surface area contributed by atoms with E-state index in [1.165, 1.54) is 6.07 Å². The van der Waals surface area contributed by atoms with Gasteiger partial charge in [0.05, 0.1) is 0 Å². The van der Waals surface area contributed by atoms with Crippen molar-refractivity contribution in [3.05, 3.63) is 54.1 Å². The minimum atomic E-state index is -0.888. The first kappa shape index (κ1) is 19.0. The molecule has 1 aliphatic rings. The van der Waals surface area contributed by atoms with E-state index in [0.29, 0.717) is 30.8 Å². The Balaban J connectivity index is 1.54. The van der Waals surface area contributed by atoms with Crippen molar-refractivity contribution in [2.24, 2.45) is 5.92 Å². The molecule has 0 bridgehead atoms. The Kier molecular flexibility index (Phi) is 5.84. The van der Waals surface area contributed by atoms with Gasteiger partial charge in [0, 0.05) is 32.1 Å². The zero-order chi connectivity index (χ0) is 19.4. The van der Waals surface area contributed by atoms with Crippen LogP contribution in [0.2, 0.25) is 0 Å². The number of carbonyl (C=O) groups excluding carboxylic acids is 2. The number of nitrogens with zero attached hydrogens (tertiary/aromatic N) is 1. The summed E-state index contributed by atoms with van der Waals surface area (Å²) in [6, 6.07) is 10.8. The summed E-state index contributed by atoms with van der Waals surface area (Å²) in [7, 11) is 0. The second kappa shape index (κ2) is 8.29. The van der Waals surface area contributed by atoms with Gasteiger partial charge in [0.2, 0.25) is 11.8 Å². The molecule has 1 aliphatic heterocycles. The van der Waals surface area contributed by atoms with E-state index < -0.39 is 11.6 Å². The number of piperidine rings is 1. The Morgan fingerprint density at radius 3 is 2.22 bits per heavy atom. The van der Waals surface area contributed by atoms with E-state index in [1.807, 2.05) is 4.90 Å². The van der Waals surface area contributed by atoms with Gasteiger partial charge in [0.1, 0.15) is 0 Å². The van der Waals surface area contributed by atoms with Crippen molar-refractivity contribution in [1.29, 1.82) is 0 Å². The maximum Gasteiger partial charge on any atom is 0.224 e. The highest BCUT2D eigenvalue weighted by molar-refractivity contribution is 5.91. The fraction of sp³-hybridized carbons (Fsp3) is 0.333. The molecule has 0 spiro atoms. The van der Waals surface area contributed by atoms with E-state index in [4.69, 9.17) is 0 Å². The van der Waals surface area contributed by atoms with Crippen LogP contribution in [0.3, 0.4) is 0 Å². The van der Waals surface area contributed by atoms with Gasteiger partial charge >= 0.3 is 0 Å². The molecule has 0 radical (unpaired) electrons. The van der Waals surface area contributed by atoms with Crippen molar-refractivity contribution in [3.63, 3.8) is 0 Å². The van der Waals surface area contributed by atoms with Gasteiger partial charge in [-0.25, -0.2) is 8.78 Å². The minimum Gasteiger partial charge on any atom is -0.343 e. The third kappa shape index (κ3) is 4.90. The van der Waals surface area contributed by atoms with Gasteiger partial charge in [-0.1, -0.05) is 18.2 Å². The lowest BCUT2D eigenvalue weighted by Gasteiger charge is -2.30. The summed E-state index contributed by atoms with van der Waals surface area (Å²) in [5.74, 6) is -1.46. The Labute approximate surface area is 157 Å². The van der Waals surface area contributed by atoms with Crippen molar-refractivity contribution < 1.29 is 18.4 Å². The quantitative estimate of drug-likeness (QED) is 0.874. The van der Waals surface area contributed by atoms with Gasteiger partial charge in [-0.05, 0) is 54.2 Å². The molecule has 6 heteroatoms. The lowest BCUT2D eigenvalue weighted by Crippen LogP contribution is -2.37. The fourth-order valence-corrected chi connectivity index (χ4v) is 3.35. The van der Waals surface area contributed by atoms with Crippen molar-refractivity contribution >= 4 is 17.5 Å². The monoisotopic (exact) mass is 372 g/mol. The number of anilines is 1. The molecule has 142 valence electrons. The normalized spacial score (nSPS) is 14.9. The van der Waals surface area contributed by atoms with E-state index in [2.05, 4.69) is 5.32 Å². The predicted octanol–water partition coefficient (Wildman–Crippen LogP) is 4.22. The molecule has 0 unspecified atom stereocenters. The highest BCUT2D eigenvalue weighted by atomic mass is 19.2. The van der Waals surface area contributed by atoms with Gasteiger partial charge in [0.25, 0.3) is 0 Å². The first-order chi connectivity index (χ1) is 12.9. The van der Waals surface area contributed by atoms with Gasteiger partial charge in [0.15, 0.2) is 11.6 Å². The Morgan fingerprint density at radius 1 is 1.00 bits per heavy atom. The molecule has 2 aromatic rings. The molecule has 1 saturated heterocycles. The number of likely N-dealkylation sites (tertiary alicyclic amines) is 1.